The molecule has 0 saturated carbocycles. The number of aryl methyl sites for hydroxylation is 1. The molecule has 0 spiro atoms. The summed E-state index contributed by atoms with van der Waals surface area (Å²) in [6.07, 6.45) is 0. The predicted octanol–water partition coefficient (Wildman–Crippen LogP) is 0.721. The summed E-state index contributed by atoms with van der Waals surface area (Å²) in [5.41, 5.74) is 5.88. The molecule has 0 radical (unpaired) electrons. The third kappa shape index (κ3) is 2.24. The molecule has 16 heavy (non-hydrogen) atoms. The number of nitrogens with two attached hydrogens (primary N) is 1. The van der Waals surface area contributed by atoms with Crippen molar-refractivity contribution in [3.63, 3.8) is 0 Å². The van der Waals surface area contributed by atoms with Crippen LogP contribution in [0.3, 0.4) is 0 Å². The van der Waals surface area contributed by atoms with Crippen molar-refractivity contribution in [1.29, 1.82) is 0 Å². The minimum atomic E-state index is -0.0926. The van der Waals surface area contributed by atoms with Gasteiger partial charge in [-0.3, -0.25) is 0 Å². The van der Waals surface area contributed by atoms with E-state index in [2.05, 4.69) is 14.9 Å². The van der Waals surface area contributed by atoms with Crippen molar-refractivity contribution in [3.8, 4) is 5.88 Å². The number of hydrogen-bond acceptors (Lipinski definition) is 5. The van der Waals surface area contributed by atoms with Crippen LogP contribution in [-0.2, 0) is 0 Å². The fourth-order valence-corrected chi connectivity index (χ4v) is 1.90. The first-order valence-electron chi connectivity index (χ1n) is 5.52. The molecule has 1 aromatic heterocycles. The van der Waals surface area contributed by atoms with Crippen LogP contribution in [0.4, 0.5) is 5.82 Å². The van der Waals surface area contributed by atoms with Gasteiger partial charge in [0.2, 0.25) is 5.88 Å². The van der Waals surface area contributed by atoms with Crippen molar-refractivity contribution in [2.24, 2.45) is 5.73 Å². The normalized spacial score (nSPS) is 18.1. The van der Waals surface area contributed by atoms with Crippen LogP contribution in [-0.4, -0.2) is 35.2 Å². The van der Waals surface area contributed by atoms with E-state index in [4.69, 9.17) is 10.5 Å². The molecule has 2 heterocycles. The first-order valence-corrected chi connectivity index (χ1v) is 5.52. The SMILES string of the molecule is CCOc1cc(N2CC(C)(N)C2)nc(C)n1. The van der Waals surface area contributed by atoms with Gasteiger partial charge in [0, 0.05) is 24.7 Å². The molecule has 1 aliphatic heterocycles. The highest BCUT2D eigenvalue weighted by Gasteiger charge is 2.35. The van der Waals surface area contributed by atoms with Crippen LogP contribution in [0.15, 0.2) is 6.07 Å². The molecule has 88 valence electrons. The second-order valence-electron chi connectivity index (χ2n) is 4.55. The van der Waals surface area contributed by atoms with E-state index in [0.29, 0.717) is 12.5 Å². The Morgan fingerprint density at radius 1 is 1.50 bits per heavy atom. The Labute approximate surface area is 95.6 Å². The Balaban J connectivity index is 2.15. The van der Waals surface area contributed by atoms with Gasteiger partial charge in [0.25, 0.3) is 0 Å². The smallest absolute Gasteiger partial charge is 0.218 e. The van der Waals surface area contributed by atoms with E-state index in [0.717, 1.165) is 24.7 Å². The second-order valence-corrected chi connectivity index (χ2v) is 4.55. The lowest BCUT2D eigenvalue weighted by Crippen LogP contribution is -2.65. The van der Waals surface area contributed by atoms with E-state index in [1.54, 1.807) is 0 Å². The van der Waals surface area contributed by atoms with E-state index >= 15 is 0 Å². The van der Waals surface area contributed by atoms with Gasteiger partial charge in [0.1, 0.15) is 11.6 Å². The Kier molecular flexibility index (Phi) is 2.71. The summed E-state index contributed by atoms with van der Waals surface area (Å²) in [5, 5.41) is 0. The zero-order valence-corrected chi connectivity index (χ0v) is 10.0. The van der Waals surface area contributed by atoms with Crippen LogP contribution in [0, 0.1) is 6.92 Å². The Bertz CT molecular complexity index is 384. The maximum absolute atomic E-state index is 5.97. The van der Waals surface area contributed by atoms with Gasteiger partial charge >= 0.3 is 0 Å². The maximum Gasteiger partial charge on any atom is 0.218 e. The fourth-order valence-electron chi connectivity index (χ4n) is 1.90. The van der Waals surface area contributed by atoms with Gasteiger partial charge in [-0.2, -0.15) is 4.98 Å². The van der Waals surface area contributed by atoms with Crippen LogP contribution in [0.2, 0.25) is 0 Å². The van der Waals surface area contributed by atoms with E-state index in [-0.39, 0.29) is 5.54 Å². The molecule has 0 amide bonds. The molecule has 0 aliphatic carbocycles. The van der Waals surface area contributed by atoms with Gasteiger partial charge in [-0.05, 0) is 20.8 Å². The molecule has 1 fully saturated rings. The topological polar surface area (TPSA) is 64.3 Å². The molecule has 1 aliphatic rings. The van der Waals surface area contributed by atoms with Crippen molar-refractivity contribution in [2.45, 2.75) is 26.3 Å². The molecule has 2 N–H and O–H groups in total. The van der Waals surface area contributed by atoms with Crippen molar-refractivity contribution >= 4 is 5.82 Å². The molecule has 0 bridgehead atoms. The minimum absolute atomic E-state index is 0.0926. The van der Waals surface area contributed by atoms with Crippen LogP contribution in [0.5, 0.6) is 5.88 Å². The van der Waals surface area contributed by atoms with Crippen LogP contribution in [0.25, 0.3) is 0 Å². The lowest BCUT2D eigenvalue weighted by molar-refractivity contribution is 0.323. The van der Waals surface area contributed by atoms with Gasteiger partial charge < -0.3 is 15.4 Å². The highest BCUT2D eigenvalue weighted by atomic mass is 16.5. The van der Waals surface area contributed by atoms with Crippen LogP contribution < -0.4 is 15.4 Å². The van der Waals surface area contributed by atoms with Gasteiger partial charge in [-0.1, -0.05) is 0 Å². The number of nitrogens with zero attached hydrogens (tertiary/aromatic N) is 3. The summed E-state index contributed by atoms with van der Waals surface area (Å²) in [6.45, 7) is 8.13. The maximum atomic E-state index is 5.97. The highest BCUT2D eigenvalue weighted by Crippen LogP contribution is 2.26. The summed E-state index contributed by atoms with van der Waals surface area (Å²) >= 11 is 0. The molecule has 1 aromatic rings. The lowest BCUT2D eigenvalue weighted by Gasteiger charge is -2.46. The van der Waals surface area contributed by atoms with E-state index < -0.39 is 0 Å². The molecule has 0 atom stereocenters. The summed E-state index contributed by atoms with van der Waals surface area (Å²) in [4.78, 5) is 10.7. The predicted molar refractivity (Wildman–Crippen MR) is 62.7 cm³/mol. The third-order valence-corrected chi connectivity index (χ3v) is 2.52. The highest BCUT2D eigenvalue weighted by molar-refractivity contribution is 5.46. The Morgan fingerprint density at radius 3 is 2.75 bits per heavy atom. The zero-order valence-electron chi connectivity index (χ0n) is 10.0. The lowest BCUT2D eigenvalue weighted by atomic mass is 9.94. The number of rotatable bonds is 3. The fraction of sp³-hybridized carbons (Fsp3) is 0.636. The van der Waals surface area contributed by atoms with E-state index in [1.165, 1.54) is 0 Å². The molecular weight excluding hydrogens is 204 g/mol. The number of anilines is 1. The average Bonchev–Trinajstić information content (AvgIpc) is 2.13. The molecular formula is C11H18N4O. The molecule has 1 saturated heterocycles. The van der Waals surface area contributed by atoms with E-state index in [1.807, 2.05) is 26.8 Å². The summed E-state index contributed by atoms with van der Waals surface area (Å²) in [6, 6.07) is 1.87. The number of hydrogen-bond donors (Lipinski definition) is 1. The number of aromatic nitrogens is 2. The summed E-state index contributed by atoms with van der Waals surface area (Å²) in [5.74, 6) is 2.26. The second kappa shape index (κ2) is 3.90. The number of ether oxygens (including phenoxy) is 1. The third-order valence-electron chi connectivity index (χ3n) is 2.52. The van der Waals surface area contributed by atoms with Gasteiger partial charge in [0.05, 0.1) is 6.61 Å². The van der Waals surface area contributed by atoms with Crippen molar-refractivity contribution in [1.82, 2.24) is 9.97 Å². The molecule has 2 rings (SSSR count). The summed E-state index contributed by atoms with van der Waals surface area (Å²) in [7, 11) is 0. The summed E-state index contributed by atoms with van der Waals surface area (Å²) < 4.78 is 5.39. The van der Waals surface area contributed by atoms with Crippen LogP contribution >= 0.6 is 0 Å². The largest absolute Gasteiger partial charge is 0.478 e. The van der Waals surface area contributed by atoms with Gasteiger partial charge in [0.15, 0.2) is 0 Å². The van der Waals surface area contributed by atoms with Crippen molar-refractivity contribution < 1.29 is 4.74 Å². The van der Waals surface area contributed by atoms with E-state index in [9.17, 15) is 0 Å². The average molecular weight is 222 g/mol. The quantitative estimate of drug-likeness (QED) is 0.816. The molecule has 5 nitrogen and oxygen atoms in total. The van der Waals surface area contributed by atoms with Gasteiger partial charge in [-0.15, -0.1) is 0 Å². The van der Waals surface area contributed by atoms with Gasteiger partial charge in [-0.25, -0.2) is 4.98 Å². The minimum Gasteiger partial charge on any atom is -0.478 e. The Morgan fingerprint density at radius 2 is 2.19 bits per heavy atom. The van der Waals surface area contributed by atoms with Crippen molar-refractivity contribution in [2.75, 3.05) is 24.6 Å². The monoisotopic (exact) mass is 222 g/mol. The first-order chi connectivity index (χ1) is 7.50. The van der Waals surface area contributed by atoms with Crippen molar-refractivity contribution in [3.05, 3.63) is 11.9 Å². The van der Waals surface area contributed by atoms with Crippen LogP contribution in [0.1, 0.15) is 19.7 Å². The molecule has 5 heteroatoms. The first kappa shape index (κ1) is 11.1. The molecule has 0 aromatic carbocycles. The zero-order chi connectivity index (χ0) is 11.8. The molecule has 0 unspecified atom stereocenters. The standard InChI is InChI=1S/C11H18N4O/c1-4-16-10-5-9(13-8(2)14-10)15-6-11(3,12)7-15/h5H,4,6-7,12H2,1-3H3. The Hall–Kier alpha value is -1.36.